The first-order valence-electron chi connectivity index (χ1n) is 8.80. The van der Waals surface area contributed by atoms with E-state index in [0.29, 0.717) is 12.1 Å². The minimum atomic E-state index is -3.59. The molecule has 8 heteroatoms. The maximum absolute atomic E-state index is 12.8. The van der Waals surface area contributed by atoms with E-state index in [1.165, 1.54) is 12.1 Å². The lowest BCUT2D eigenvalue weighted by atomic mass is 10.1. The highest BCUT2D eigenvalue weighted by atomic mass is 35.5. The molecule has 1 amide bonds. The predicted octanol–water partition coefficient (Wildman–Crippen LogP) is 2.40. The van der Waals surface area contributed by atoms with Crippen LogP contribution in [0.2, 0.25) is 0 Å². The molecule has 1 aliphatic rings. The third-order valence-electron chi connectivity index (χ3n) is 4.05. The Bertz CT molecular complexity index is 693. The van der Waals surface area contributed by atoms with Gasteiger partial charge in [-0.3, -0.25) is 4.79 Å². The van der Waals surface area contributed by atoms with Gasteiger partial charge < -0.3 is 10.2 Å². The summed E-state index contributed by atoms with van der Waals surface area (Å²) in [6, 6.07) is 6.41. The molecule has 2 rings (SSSR count). The summed E-state index contributed by atoms with van der Waals surface area (Å²) in [4.78, 5) is 14.9. The SMILES string of the molecule is CCCN(C(=O)c1ccc(S(=O)(=O)NC(C)(C)C)cc1)C1CCNC1.Cl. The normalized spacial score (nSPS) is 17.6. The molecule has 1 heterocycles. The number of amides is 1. The molecule has 2 N–H and O–H groups in total. The van der Waals surface area contributed by atoms with Crippen LogP contribution in [0.1, 0.15) is 50.9 Å². The molecule has 1 unspecified atom stereocenters. The highest BCUT2D eigenvalue weighted by molar-refractivity contribution is 7.89. The molecule has 0 spiro atoms. The Balaban J connectivity index is 0.00000338. The Morgan fingerprint density at radius 1 is 1.27 bits per heavy atom. The van der Waals surface area contributed by atoms with Crippen LogP contribution < -0.4 is 10.0 Å². The fourth-order valence-corrected chi connectivity index (χ4v) is 4.42. The van der Waals surface area contributed by atoms with Crippen molar-refractivity contribution >= 4 is 28.3 Å². The number of rotatable bonds is 6. The molecule has 148 valence electrons. The Morgan fingerprint density at radius 2 is 1.88 bits per heavy atom. The molecule has 1 fully saturated rings. The van der Waals surface area contributed by atoms with Crippen LogP contribution in [0, 0.1) is 0 Å². The number of nitrogens with one attached hydrogen (secondary N) is 2. The first kappa shape index (κ1) is 22.9. The summed E-state index contributed by atoms with van der Waals surface area (Å²) < 4.78 is 27.3. The van der Waals surface area contributed by atoms with Crippen molar-refractivity contribution in [3.63, 3.8) is 0 Å². The van der Waals surface area contributed by atoms with Gasteiger partial charge in [0.1, 0.15) is 0 Å². The van der Waals surface area contributed by atoms with E-state index >= 15 is 0 Å². The van der Waals surface area contributed by atoms with E-state index in [2.05, 4.69) is 17.0 Å². The molecule has 1 aromatic rings. The van der Waals surface area contributed by atoms with Crippen LogP contribution in [-0.4, -0.2) is 50.4 Å². The molecule has 0 aromatic heterocycles. The second kappa shape index (κ2) is 9.17. The molecule has 0 saturated carbocycles. The third-order valence-corrected chi connectivity index (χ3v) is 5.83. The zero-order chi connectivity index (χ0) is 18.7. The summed E-state index contributed by atoms with van der Waals surface area (Å²) in [7, 11) is -3.59. The Hall–Kier alpha value is -1.15. The molecule has 0 aliphatic carbocycles. The minimum Gasteiger partial charge on any atom is -0.334 e. The molecule has 1 saturated heterocycles. The summed E-state index contributed by atoms with van der Waals surface area (Å²) in [6.07, 6.45) is 1.85. The van der Waals surface area contributed by atoms with Gasteiger partial charge in [0, 0.05) is 30.2 Å². The standard InChI is InChI=1S/C18H29N3O3S.ClH/c1-5-12-21(15-10-11-19-13-15)17(22)14-6-8-16(9-7-14)25(23,24)20-18(2,3)4;/h6-9,15,19-20H,5,10-13H2,1-4H3;1H. The summed E-state index contributed by atoms with van der Waals surface area (Å²) in [5.41, 5.74) is -0.0316. The number of nitrogens with zero attached hydrogens (tertiary/aromatic N) is 1. The van der Waals surface area contributed by atoms with Crippen LogP contribution >= 0.6 is 12.4 Å². The summed E-state index contributed by atoms with van der Waals surface area (Å²) in [6.45, 7) is 9.87. The van der Waals surface area contributed by atoms with Crippen molar-refractivity contribution in [2.75, 3.05) is 19.6 Å². The van der Waals surface area contributed by atoms with Gasteiger partial charge in [0.05, 0.1) is 4.90 Å². The monoisotopic (exact) mass is 403 g/mol. The van der Waals surface area contributed by atoms with Gasteiger partial charge in [0.25, 0.3) is 5.91 Å². The van der Waals surface area contributed by atoms with Gasteiger partial charge in [-0.25, -0.2) is 13.1 Å². The third kappa shape index (κ3) is 5.94. The second-order valence-electron chi connectivity index (χ2n) is 7.53. The molecule has 6 nitrogen and oxygen atoms in total. The topological polar surface area (TPSA) is 78.5 Å². The van der Waals surface area contributed by atoms with Gasteiger partial charge in [-0.05, 0) is 64.4 Å². The molecule has 1 aliphatic heterocycles. The Kier molecular flexibility index (Phi) is 8.07. The molecule has 1 aromatic carbocycles. The van der Waals surface area contributed by atoms with Crippen LogP contribution in [0.15, 0.2) is 29.2 Å². The lowest BCUT2D eigenvalue weighted by molar-refractivity contribution is 0.0692. The van der Waals surface area contributed by atoms with Crippen LogP contribution in [0.4, 0.5) is 0 Å². The first-order valence-corrected chi connectivity index (χ1v) is 10.3. The maximum atomic E-state index is 12.8. The van der Waals surface area contributed by atoms with Gasteiger partial charge in [0.2, 0.25) is 10.0 Å². The molecule has 26 heavy (non-hydrogen) atoms. The van der Waals surface area contributed by atoms with E-state index in [1.807, 2.05) is 4.90 Å². The van der Waals surface area contributed by atoms with Gasteiger partial charge in [-0.1, -0.05) is 6.92 Å². The summed E-state index contributed by atoms with van der Waals surface area (Å²) in [5, 5.41) is 3.29. The zero-order valence-electron chi connectivity index (χ0n) is 15.9. The minimum absolute atomic E-state index is 0. The molecule has 0 bridgehead atoms. The Labute approximate surface area is 163 Å². The molecule has 1 atom stereocenters. The van der Waals surface area contributed by atoms with Crippen molar-refractivity contribution < 1.29 is 13.2 Å². The highest BCUT2D eigenvalue weighted by Crippen LogP contribution is 2.17. The van der Waals surface area contributed by atoms with Crippen molar-refractivity contribution in [1.82, 2.24) is 14.9 Å². The predicted molar refractivity (Wildman–Crippen MR) is 106 cm³/mol. The van der Waals surface area contributed by atoms with Gasteiger partial charge >= 0.3 is 0 Å². The molecular weight excluding hydrogens is 374 g/mol. The van der Waals surface area contributed by atoms with Gasteiger partial charge in [0.15, 0.2) is 0 Å². The van der Waals surface area contributed by atoms with Crippen LogP contribution in [-0.2, 0) is 10.0 Å². The number of benzene rings is 1. The van der Waals surface area contributed by atoms with Crippen molar-refractivity contribution in [2.45, 2.75) is 57.0 Å². The zero-order valence-corrected chi connectivity index (χ0v) is 17.5. The van der Waals surface area contributed by atoms with E-state index in [0.717, 1.165) is 25.9 Å². The van der Waals surface area contributed by atoms with E-state index in [1.54, 1.807) is 32.9 Å². The second-order valence-corrected chi connectivity index (χ2v) is 9.21. The van der Waals surface area contributed by atoms with Crippen molar-refractivity contribution in [2.24, 2.45) is 0 Å². The van der Waals surface area contributed by atoms with Crippen LogP contribution in [0.25, 0.3) is 0 Å². The number of hydrogen-bond acceptors (Lipinski definition) is 4. The number of halogens is 1. The van der Waals surface area contributed by atoms with E-state index < -0.39 is 15.6 Å². The average molecular weight is 404 g/mol. The highest BCUT2D eigenvalue weighted by Gasteiger charge is 2.27. The van der Waals surface area contributed by atoms with Gasteiger partial charge in [-0.2, -0.15) is 0 Å². The summed E-state index contributed by atoms with van der Waals surface area (Å²) in [5.74, 6) is -0.0386. The van der Waals surface area contributed by atoms with Crippen LogP contribution in [0.5, 0.6) is 0 Å². The maximum Gasteiger partial charge on any atom is 0.254 e. The lowest BCUT2D eigenvalue weighted by Gasteiger charge is -2.28. The number of sulfonamides is 1. The summed E-state index contributed by atoms with van der Waals surface area (Å²) >= 11 is 0. The fraction of sp³-hybridized carbons (Fsp3) is 0.611. The molecule has 0 radical (unpaired) electrons. The van der Waals surface area contributed by atoms with Gasteiger partial charge in [-0.15, -0.1) is 12.4 Å². The largest absolute Gasteiger partial charge is 0.334 e. The van der Waals surface area contributed by atoms with E-state index in [9.17, 15) is 13.2 Å². The number of carbonyl (C=O) groups excluding carboxylic acids is 1. The average Bonchev–Trinajstić information content (AvgIpc) is 3.04. The lowest BCUT2D eigenvalue weighted by Crippen LogP contribution is -2.42. The quantitative estimate of drug-likeness (QED) is 0.764. The van der Waals surface area contributed by atoms with E-state index in [4.69, 9.17) is 0 Å². The molecular formula is C18H30ClN3O3S. The smallest absolute Gasteiger partial charge is 0.254 e. The number of carbonyl (C=O) groups is 1. The van der Waals surface area contributed by atoms with E-state index in [-0.39, 0.29) is 29.3 Å². The van der Waals surface area contributed by atoms with Crippen molar-refractivity contribution in [3.8, 4) is 0 Å². The van der Waals surface area contributed by atoms with Crippen LogP contribution in [0.3, 0.4) is 0 Å². The Morgan fingerprint density at radius 3 is 2.35 bits per heavy atom. The number of hydrogen-bond donors (Lipinski definition) is 2. The van der Waals surface area contributed by atoms with Crippen molar-refractivity contribution in [3.05, 3.63) is 29.8 Å². The first-order chi connectivity index (χ1) is 11.6. The fourth-order valence-electron chi connectivity index (χ4n) is 3.00. The van der Waals surface area contributed by atoms with Crippen molar-refractivity contribution in [1.29, 1.82) is 0 Å².